The van der Waals surface area contributed by atoms with Crippen molar-refractivity contribution < 1.29 is 9.53 Å². The molecule has 0 bridgehead atoms. The normalized spacial score (nSPS) is 26.8. The summed E-state index contributed by atoms with van der Waals surface area (Å²) >= 11 is 0. The minimum Gasteiger partial charge on any atom is -0.446 e. The number of hydrogen-bond donors (Lipinski definition) is 0. The molecule has 0 N–H and O–H groups in total. The number of nitrogens with zero attached hydrogens (tertiary/aromatic N) is 1. The van der Waals surface area contributed by atoms with Gasteiger partial charge in [-0.2, -0.15) is 0 Å². The number of carbonyl (C=O) groups excluding carboxylic acids is 1. The Labute approximate surface area is 109 Å². The van der Waals surface area contributed by atoms with E-state index in [0.717, 1.165) is 45.1 Å². The lowest BCUT2D eigenvalue weighted by Crippen LogP contribution is -2.37. The summed E-state index contributed by atoms with van der Waals surface area (Å²) in [7, 11) is 0. The van der Waals surface area contributed by atoms with Gasteiger partial charge in [-0.3, -0.25) is 0 Å². The van der Waals surface area contributed by atoms with Gasteiger partial charge in [-0.25, -0.2) is 4.79 Å². The zero-order valence-corrected chi connectivity index (χ0v) is 11.2. The molecule has 1 aliphatic carbocycles. The Morgan fingerprint density at radius 3 is 2.94 bits per heavy atom. The summed E-state index contributed by atoms with van der Waals surface area (Å²) < 4.78 is 5.63. The zero-order chi connectivity index (χ0) is 12.8. The molecule has 2 rings (SSSR count). The number of rotatable bonds is 1. The van der Waals surface area contributed by atoms with Gasteiger partial charge in [0.2, 0.25) is 0 Å². The molecular weight excluding hydrogens is 226 g/mol. The predicted octanol–water partition coefficient (Wildman–Crippen LogP) is 3.66. The highest BCUT2D eigenvalue weighted by Crippen LogP contribution is 2.18. The topological polar surface area (TPSA) is 29.5 Å². The molecule has 3 nitrogen and oxygen atoms in total. The third kappa shape index (κ3) is 3.90. The minimum absolute atomic E-state index is 0.106. The maximum absolute atomic E-state index is 12.0. The quantitative estimate of drug-likeness (QED) is 0.664. The van der Waals surface area contributed by atoms with Crippen LogP contribution in [-0.4, -0.2) is 30.2 Å². The second-order valence-corrected chi connectivity index (χ2v) is 5.23. The van der Waals surface area contributed by atoms with Crippen LogP contribution < -0.4 is 0 Å². The van der Waals surface area contributed by atoms with E-state index < -0.39 is 0 Å². The molecule has 0 saturated heterocycles. The summed E-state index contributed by atoms with van der Waals surface area (Å²) in [6.07, 6.45) is 12.7. The first-order chi connectivity index (χ1) is 8.75. The molecule has 1 heterocycles. The summed E-state index contributed by atoms with van der Waals surface area (Å²) in [4.78, 5) is 13.8. The highest BCUT2D eigenvalue weighted by Gasteiger charge is 2.21. The fraction of sp³-hybridized carbons (Fsp3) is 0.667. The number of ether oxygens (including phenoxy) is 1. The lowest BCUT2D eigenvalue weighted by Gasteiger charge is -2.27. The molecular formula is C15H23NO2. The number of amides is 1. The Morgan fingerprint density at radius 2 is 2.17 bits per heavy atom. The Hall–Kier alpha value is -1.25. The Balaban J connectivity index is 1.81. The molecule has 2 aliphatic rings. The Morgan fingerprint density at radius 1 is 1.33 bits per heavy atom. The third-order valence-corrected chi connectivity index (χ3v) is 3.68. The van der Waals surface area contributed by atoms with Crippen LogP contribution in [0.3, 0.4) is 0 Å². The Bertz CT molecular complexity index is 346. The molecule has 18 heavy (non-hydrogen) atoms. The van der Waals surface area contributed by atoms with Gasteiger partial charge in [-0.1, -0.05) is 23.8 Å². The second kappa shape index (κ2) is 6.62. The van der Waals surface area contributed by atoms with Crippen molar-refractivity contribution in [1.29, 1.82) is 0 Å². The molecule has 100 valence electrons. The SMILES string of the molecule is CC1=CCN(C(=O)OC2CC/C=C/CCC2)CC1. The van der Waals surface area contributed by atoms with Crippen molar-refractivity contribution >= 4 is 6.09 Å². The summed E-state index contributed by atoms with van der Waals surface area (Å²) in [6.45, 7) is 3.62. The van der Waals surface area contributed by atoms with Crippen LogP contribution in [0, 0.1) is 0 Å². The molecule has 0 aromatic rings. The van der Waals surface area contributed by atoms with Crippen molar-refractivity contribution in [2.75, 3.05) is 13.1 Å². The first-order valence-electron chi connectivity index (χ1n) is 7.02. The molecule has 0 aromatic carbocycles. The van der Waals surface area contributed by atoms with E-state index in [2.05, 4.69) is 25.2 Å². The summed E-state index contributed by atoms with van der Waals surface area (Å²) in [5, 5.41) is 0. The van der Waals surface area contributed by atoms with Crippen molar-refractivity contribution in [1.82, 2.24) is 4.90 Å². The molecule has 1 atom stereocenters. The van der Waals surface area contributed by atoms with Crippen LogP contribution in [-0.2, 0) is 4.74 Å². The molecule has 0 saturated carbocycles. The first-order valence-corrected chi connectivity index (χ1v) is 7.02. The summed E-state index contributed by atoms with van der Waals surface area (Å²) in [5.74, 6) is 0. The van der Waals surface area contributed by atoms with Crippen molar-refractivity contribution in [3.8, 4) is 0 Å². The fourth-order valence-electron chi connectivity index (χ4n) is 2.40. The third-order valence-electron chi connectivity index (χ3n) is 3.68. The number of hydrogen-bond acceptors (Lipinski definition) is 2. The van der Waals surface area contributed by atoms with Gasteiger partial charge in [0.05, 0.1) is 0 Å². The van der Waals surface area contributed by atoms with Crippen LogP contribution in [0.5, 0.6) is 0 Å². The average Bonchev–Trinajstić information content (AvgIpc) is 2.33. The highest BCUT2D eigenvalue weighted by atomic mass is 16.6. The van der Waals surface area contributed by atoms with E-state index >= 15 is 0 Å². The van der Waals surface area contributed by atoms with Gasteiger partial charge in [0.25, 0.3) is 0 Å². The lowest BCUT2D eigenvalue weighted by molar-refractivity contribution is 0.0561. The van der Waals surface area contributed by atoms with Gasteiger partial charge in [0.1, 0.15) is 6.10 Å². The molecule has 1 unspecified atom stereocenters. The van der Waals surface area contributed by atoms with Crippen LogP contribution in [0.4, 0.5) is 4.79 Å². The van der Waals surface area contributed by atoms with E-state index in [0.29, 0.717) is 6.54 Å². The molecule has 3 heteroatoms. The van der Waals surface area contributed by atoms with Gasteiger partial charge >= 0.3 is 6.09 Å². The minimum atomic E-state index is -0.131. The average molecular weight is 249 g/mol. The van der Waals surface area contributed by atoms with Crippen molar-refractivity contribution in [3.63, 3.8) is 0 Å². The van der Waals surface area contributed by atoms with E-state index in [1.54, 1.807) is 0 Å². The fourth-order valence-corrected chi connectivity index (χ4v) is 2.40. The molecule has 0 aromatic heterocycles. The van der Waals surface area contributed by atoms with Crippen LogP contribution in [0.1, 0.15) is 45.4 Å². The van der Waals surface area contributed by atoms with Crippen molar-refractivity contribution in [2.24, 2.45) is 0 Å². The first kappa shape index (κ1) is 13.2. The van der Waals surface area contributed by atoms with Gasteiger partial charge < -0.3 is 9.64 Å². The molecule has 1 aliphatic heterocycles. The van der Waals surface area contributed by atoms with Gasteiger partial charge in [0, 0.05) is 13.1 Å². The van der Waals surface area contributed by atoms with Crippen LogP contribution in [0.15, 0.2) is 23.8 Å². The molecule has 0 spiro atoms. The molecule has 0 fully saturated rings. The summed E-state index contributed by atoms with van der Waals surface area (Å²) in [6, 6.07) is 0. The number of allylic oxidation sites excluding steroid dienone is 2. The standard InChI is InChI=1S/C15H23NO2/c1-13-9-11-16(12-10-13)15(17)18-14-7-5-3-2-4-6-8-14/h2-3,9,14H,4-8,10-12H2,1H3/b3-2+. The van der Waals surface area contributed by atoms with Gasteiger partial charge in [0.15, 0.2) is 0 Å². The monoisotopic (exact) mass is 249 g/mol. The zero-order valence-electron chi connectivity index (χ0n) is 11.2. The smallest absolute Gasteiger partial charge is 0.410 e. The van der Waals surface area contributed by atoms with E-state index in [9.17, 15) is 4.79 Å². The van der Waals surface area contributed by atoms with Crippen LogP contribution in [0.2, 0.25) is 0 Å². The molecule has 1 amide bonds. The Kier molecular flexibility index (Phi) is 4.85. The largest absolute Gasteiger partial charge is 0.446 e. The van der Waals surface area contributed by atoms with Crippen molar-refractivity contribution in [2.45, 2.75) is 51.6 Å². The predicted molar refractivity (Wildman–Crippen MR) is 72.4 cm³/mol. The van der Waals surface area contributed by atoms with Crippen LogP contribution >= 0.6 is 0 Å². The lowest BCUT2D eigenvalue weighted by atomic mass is 10.0. The van der Waals surface area contributed by atoms with Crippen LogP contribution in [0.25, 0.3) is 0 Å². The van der Waals surface area contributed by atoms with Crippen molar-refractivity contribution in [3.05, 3.63) is 23.8 Å². The van der Waals surface area contributed by atoms with Gasteiger partial charge in [-0.05, 0) is 45.4 Å². The van der Waals surface area contributed by atoms with E-state index in [-0.39, 0.29) is 12.2 Å². The van der Waals surface area contributed by atoms with Gasteiger partial charge in [-0.15, -0.1) is 0 Å². The second-order valence-electron chi connectivity index (χ2n) is 5.23. The maximum Gasteiger partial charge on any atom is 0.410 e. The maximum atomic E-state index is 12.0. The number of carbonyl (C=O) groups is 1. The summed E-state index contributed by atoms with van der Waals surface area (Å²) in [5.41, 5.74) is 1.37. The molecule has 0 radical (unpaired) electrons. The van der Waals surface area contributed by atoms with E-state index in [1.165, 1.54) is 5.57 Å². The highest BCUT2D eigenvalue weighted by molar-refractivity contribution is 5.68. The van der Waals surface area contributed by atoms with E-state index in [4.69, 9.17) is 4.74 Å². The van der Waals surface area contributed by atoms with E-state index in [1.807, 2.05) is 4.90 Å².